The fourth-order valence-corrected chi connectivity index (χ4v) is 1.73. The molecule has 0 spiro atoms. The Morgan fingerprint density at radius 2 is 2.00 bits per heavy atom. The van der Waals surface area contributed by atoms with E-state index in [9.17, 15) is 0 Å². The summed E-state index contributed by atoms with van der Waals surface area (Å²) in [5, 5.41) is 3.22. The monoisotopic (exact) mass is 231 g/mol. The zero-order chi connectivity index (χ0) is 11.9. The Hall–Kier alpha value is -1.74. The third kappa shape index (κ3) is 3.36. The zero-order valence-electron chi connectivity index (χ0n) is 9.93. The summed E-state index contributed by atoms with van der Waals surface area (Å²) in [6, 6.07) is 13.9. The van der Waals surface area contributed by atoms with Gasteiger partial charge in [0, 0.05) is 6.42 Å². The molecule has 0 amide bonds. The van der Waals surface area contributed by atoms with Crippen molar-refractivity contribution in [2.75, 3.05) is 13.7 Å². The van der Waals surface area contributed by atoms with Crippen molar-refractivity contribution in [3.63, 3.8) is 0 Å². The number of hydrogen-bond acceptors (Lipinski definition) is 3. The normalized spacial score (nSPS) is 12.3. The van der Waals surface area contributed by atoms with E-state index in [0.717, 1.165) is 17.9 Å². The summed E-state index contributed by atoms with van der Waals surface area (Å²) in [6.07, 6.45) is 2.57. The summed E-state index contributed by atoms with van der Waals surface area (Å²) in [5.74, 6) is 1.85. The fourth-order valence-electron chi connectivity index (χ4n) is 1.73. The molecule has 2 rings (SSSR count). The van der Waals surface area contributed by atoms with Gasteiger partial charge in [-0.25, -0.2) is 0 Å². The quantitative estimate of drug-likeness (QED) is 0.829. The van der Waals surface area contributed by atoms with Crippen LogP contribution in [0.4, 0.5) is 0 Å². The molecule has 17 heavy (non-hydrogen) atoms. The lowest BCUT2D eigenvalue weighted by atomic mass is 10.1. The van der Waals surface area contributed by atoms with Gasteiger partial charge < -0.3 is 14.5 Å². The van der Waals surface area contributed by atoms with Gasteiger partial charge in [-0.15, -0.1) is 0 Å². The molecule has 1 atom stereocenters. The first-order chi connectivity index (χ1) is 8.40. The van der Waals surface area contributed by atoms with Gasteiger partial charge in [-0.3, -0.25) is 0 Å². The molecule has 0 fully saturated rings. The summed E-state index contributed by atoms with van der Waals surface area (Å²) < 4.78 is 11.0. The molecule has 0 aliphatic rings. The molecule has 1 unspecified atom stereocenters. The third-order valence-electron chi connectivity index (χ3n) is 2.65. The molecule has 0 aliphatic heterocycles. The lowest BCUT2D eigenvalue weighted by Gasteiger charge is -2.14. The Bertz CT molecular complexity index is 411. The maximum Gasteiger partial charge on any atom is 0.120 e. The van der Waals surface area contributed by atoms with Crippen molar-refractivity contribution in [3.8, 4) is 5.75 Å². The van der Waals surface area contributed by atoms with E-state index >= 15 is 0 Å². The minimum Gasteiger partial charge on any atom is -0.494 e. The van der Waals surface area contributed by atoms with Gasteiger partial charge in [0.05, 0.1) is 18.9 Å². The van der Waals surface area contributed by atoms with Crippen LogP contribution >= 0.6 is 0 Å². The molecule has 0 radical (unpaired) electrons. The summed E-state index contributed by atoms with van der Waals surface area (Å²) in [4.78, 5) is 0. The number of hydrogen-bond donors (Lipinski definition) is 1. The average Bonchev–Trinajstić information content (AvgIpc) is 2.90. The largest absolute Gasteiger partial charge is 0.494 e. The molecular weight excluding hydrogens is 214 g/mol. The van der Waals surface area contributed by atoms with Crippen molar-refractivity contribution in [1.29, 1.82) is 0 Å². The number of ether oxygens (including phenoxy) is 1. The van der Waals surface area contributed by atoms with Gasteiger partial charge in [-0.05, 0) is 31.3 Å². The van der Waals surface area contributed by atoms with Crippen molar-refractivity contribution < 1.29 is 9.15 Å². The smallest absolute Gasteiger partial charge is 0.120 e. The van der Waals surface area contributed by atoms with Gasteiger partial charge in [-0.2, -0.15) is 0 Å². The maximum atomic E-state index is 5.65. The molecule has 0 bridgehead atoms. The molecule has 90 valence electrons. The first kappa shape index (κ1) is 11.7. The summed E-state index contributed by atoms with van der Waals surface area (Å²) in [7, 11) is 1.93. The van der Waals surface area contributed by atoms with Gasteiger partial charge in [0.2, 0.25) is 0 Å². The molecule has 1 aromatic carbocycles. The van der Waals surface area contributed by atoms with Crippen LogP contribution in [0.2, 0.25) is 0 Å². The van der Waals surface area contributed by atoms with E-state index in [2.05, 4.69) is 5.32 Å². The van der Waals surface area contributed by atoms with Crippen LogP contribution < -0.4 is 10.1 Å². The highest BCUT2D eigenvalue weighted by atomic mass is 16.5. The van der Waals surface area contributed by atoms with Gasteiger partial charge in [0.25, 0.3) is 0 Å². The Morgan fingerprint density at radius 3 is 2.65 bits per heavy atom. The number of furan rings is 1. The minimum atomic E-state index is 0.203. The van der Waals surface area contributed by atoms with Gasteiger partial charge in [0.1, 0.15) is 11.5 Å². The second-order valence-electron chi connectivity index (χ2n) is 3.81. The average molecular weight is 231 g/mol. The van der Waals surface area contributed by atoms with E-state index in [1.165, 1.54) is 0 Å². The van der Waals surface area contributed by atoms with Crippen LogP contribution in [0.15, 0.2) is 53.1 Å². The highest BCUT2D eigenvalue weighted by molar-refractivity contribution is 5.20. The lowest BCUT2D eigenvalue weighted by Crippen LogP contribution is -2.18. The first-order valence-electron chi connectivity index (χ1n) is 5.78. The molecule has 0 saturated carbocycles. The number of benzene rings is 1. The van der Waals surface area contributed by atoms with Crippen molar-refractivity contribution in [2.45, 2.75) is 12.5 Å². The lowest BCUT2D eigenvalue weighted by molar-refractivity contribution is 0.278. The van der Waals surface area contributed by atoms with Crippen LogP contribution in [-0.2, 0) is 0 Å². The standard InChI is InChI=1S/C14H17NO2/c1-15-13(14-8-5-10-17-14)9-11-16-12-6-3-2-4-7-12/h2-8,10,13,15H,9,11H2,1H3. The summed E-state index contributed by atoms with van der Waals surface area (Å²) >= 11 is 0. The van der Waals surface area contributed by atoms with Crippen LogP contribution in [0.1, 0.15) is 18.2 Å². The second kappa shape index (κ2) is 6.11. The molecule has 0 aliphatic carbocycles. The van der Waals surface area contributed by atoms with Gasteiger partial charge in [-0.1, -0.05) is 18.2 Å². The molecular formula is C14H17NO2. The Balaban J connectivity index is 1.81. The second-order valence-corrected chi connectivity index (χ2v) is 3.81. The van der Waals surface area contributed by atoms with E-state index in [0.29, 0.717) is 6.61 Å². The van der Waals surface area contributed by atoms with Crippen LogP contribution in [0.5, 0.6) is 5.75 Å². The number of nitrogens with one attached hydrogen (secondary N) is 1. The predicted molar refractivity (Wildman–Crippen MR) is 67.1 cm³/mol. The highest BCUT2D eigenvalue weighted by Gasteiger charge is 2.11. The molecule has 1 aromatic heterocycles. The first-order valence-corrected chi connectivity index (χ1v) is 5.78. The summed E-state index contributed by atoms with van der Waals surface area (Å²) in [5.41, 5.74) is 0. The maximum absolute atomic E-state index is 5.65. The summed E-state index contributed by atoms with van der Waals surface area (Å²) in [6.45, 7) is 0.663. The fraction of sp³-hybridized carbons (Fsp3) is 0.286. The third-order valence-corrected chi connectivity index (χ3v) is 2.65. The molecule has 1 N–H and O–H groups in total. The molecule has 3 heteroatoms. The van der Waals surface area contributed by atoms with Crippen molar-refractivity contribution >= 4 is 0 Å². The van der Waals surface area contributed by atoms with Crippen molar-refractivity contribution in [3.05, 3.63) is 54.5 Å². The van der Waals surface area contributed by atoms with Gasteiger partial charge >= 0.3 is 0 Å². The molecule has 1 heterocycles. The zero-order valence-corrected chi connectivity index (χ0v) is 9.93. The Morgan fingerprint density at radius 1 is 1.18 bits per heavy atom. The Labute approximate surface area is 101 Å². The molecule has 0 saturated heterocycles. The van der Waals surface area contributed by atoms with Gasteiger partial charge in [0.15, 0.2) is 0 Å². The topological polar surface area (TPSA) is 34.4 Å². The van der Waals surface area contributed by atoms with E-state index in [1.54, 1.807) is 6.26 Å². The number of para-hydroxylation sites is 1. The van der Waals surface area contributed by atoms with Crippen molar-refractivity contribution in [2.24, 2.45) is 0 Å². The van der Waals surface area contributed by atoms with E-state index < -0.39 is 0 Å². The Kier molecular flexibility index (Phi) is 4.22. The van der Waals surface area contributed by atoms with Crippen molar-refractivity contribution in [1.82, 2.24) is 5.32 Å². The van der Waals surface area contributed by atoms with Crippen LogP contribution in [0.25, 0.3) is 0 Å². The van der Waals surface area contributed by atoms with Crippen LogP contribution in [0.3, 0.4) is 0 Å². The minimum absolute atomic E-state index is 0.203. The number of rotatable bonds is 6. The predicted octanol–water partition coefficient (Wildman–Crippen LogP) is 3.01. The van der Waals surface area contributed by atoms with E-state index in [-0.39, 0.29) is 6.04 Å². The van der Waals surface area contributed by atoms with Crippen LogP contribution in [0, 0.1) is 0 Å². The highest BCUT2D eigenvalue weighted by Crippen LogP contribution is 2.17. The molecule has 2 aromatic rings. The van der Waals surface area contributed by atoms with Crippen LogP contribution in [-0.4, -0.2) is 13.7 Å². The van der Waals surface area contributed by atoms with E-state index in [4.69, 9.17) is 9.15 Å². The SMILES string of the molecule is CNC(CCOc1ccccc1)c1ccco1. The van der Waals surface area contributed by atoms with E-state index in [1.807, 2.05) is 49.5 Å². The molecule has 3 nitrogen and oxygen atoms in total.